The fraction of sp³-hybridized carbons (Fsp3) is 0.286. The first-order valence-electron chi connectivity index (χ1n) is 6.07. The first-order valence-corrected chi connectivity index (χ1v) is 6.48. The molecular weight excluding hydrogens is 258 g/mol. The molecule has 3 N–H and O–H groups in total. The van der Waals surface area contributed by atoms with Crippen molar-refractivity contribution in [2.45, 2.75) is 6.92 Å². The van der Waals surface area contributed by atoms with E-state index in [1.807, 2.05) is 31.0 Å². The molecule has 100 valence electrons. The number of aromatic nitrogens is 1. The van der Waals surface area contributed by atoms with Crippen LogP contribution in [0, 0.1) is 5.92 Å². The van der Waals surface area contributed by atoms with E-state index >= 15 is 0 Å². The van der Waals surface area contributed by atoms with Crippen molar-refractivity contribution < 1.29 is 5.11 Å². The minimum atomic E-state index is 0.106. The first kappa shape index (κ1) is 13.5. The second-order valence-electron chi connectivity index (χ2n) is 4.72. The predicted octanol–water partition coefficient (Wildman–Crippen LogP) is 2.30. The molecule has 5 heteroatoms. The van der Waals surface area contributed by atoms with E-state index in [2.05, 4.69) is 4.98 Å². The van der Waals surface area contributed by atoms with E-state index in [0.29, 0.717) is 11.5 Å². The fourth-order valence-corrected chi connectivity index (χ4v) is 2.11. The van der Waals surface area contributed by atoms with E-state index in [0.717, 1.165) is 16.6 Å². The third-order valence-corrected chi connectivity index (χ3v) is 3.53. The number of pyridine rings is 1. The van der Waals surface area contributed by atoms with Crippen LogP contribution in [-0.4, -0.2) is 28.7 Å². The number of rotatable bonds is 4. The Kier molecular flexibility index (Phi) is 3.85. The molecule has 2 rings (SSSR count). The van der Waals surface area contributed by atoms with E-state index in [1.54, 1.807) is 18.3 Å². The van der Waals surface area contributed by atoms with Crippen LogP contribution >= 0.6 is 12.2 Å². The van der Waals surface area contributed by atoms with Gasteiger partial charge in [-0.1, -0.05) is 25.2 Å². The van der Waals surface area contributed by atoms with E-state index in [-0.39, 0.29) is 11.7 Å². The summed E-state index contributed by atoms with van der Waals surface area (Å²) in [5.74, 6) is 1.16. The highest BCUT2D eigenvalue weighted by atomic mass is 32.1. The molecule has 4 nitrogen and oxygen atoms in total. The van der Waals surface area contributed by atoms with Crippen LogP contribution in [0.2, 0.25) is 0 Å². The first-order chi connectivity index (χ1) is 8.99. The van der Waals surface area contributed by atoms with Gasteiger partial charge in [-0.25, -0.2) is 4.98 Å². The SMILES string of the molecule is CC(CN(C)c1nccc2ccc(O)cc12)C(N)=S. The molecule has 1 unspecified atom stereocenters. The van der Waals surface area contributed by atoms with Gasteiger partial charge in [0.25, 0.3) is 0 Å². The Labute approximate surface area is 117 Å². The monoisotopic (exact) mass is 275 g/mol. The van der Waals surface area contributed by atoms with Gasteiger partial charge in [0.05, 0.1) is 4.99 Å². The lowest BCUT2D eigenvalue weighted by atomic mass is 10.1. The minimum Gasteiger partial charge on any atom is -0.508 e. The summed E-state index contributed by atoms with van der Waals surface area (Å²) in [5.41, 5.74) is 5.64. The quantitative estimate of drug-likeness (QED) is 0.838. The normalized spacial score (nSPS) is 12.3. The third-order valence-electron chi connectivity index (χ3n) is 3.12. The summed E-state index contributed by atoms with van der Waals surface area (Å²) in [6, 6.07) is 7.19. The molecule has 1 aromatic heterocycles. The molecule has 19 heavy (non-hydrogen) atoms. The number of hydrogen-bond donors (Lipinski definition) is 2. The van der Waals surface area contributed by atoms with Gasteiger partial charge < -0.3 is 15.7 Å². The van der Waals surface area contributed by atoms with Crippen molar-refractivity contribution in [3.05, 3.63) is 30.5 Å². The number of phenols is 1. The zero-order valence-electron chi connectivity index (χ0n) is 11.0. The lowest BCUT2D eigenvalue weighted by molar-refractivity contribution is 0.476. The summed E-state index contributed by atoms with van der Waals surface area (Å²) in [4.78, 5) is 6.89. The van der Waals surface area contributed by atoms with Gasteiger partial charge in [0, 0.05) is 31.1 Å². The Bertz CT molecular complexity index is 615. The maximum Gasteiger partial charge on any atom is 0.136 e. The smallest absolute Gasteiger partial charge is 0.136 e. The number of aromatic hydroxyl groups is 1. The van der Waals surface area contributed by atoms with Gasteiger partial charge in [-0.2, -0.15) is 0 Å². The summed E-state index contributed by atoms with van der Waals surface area (Å²) in [6.45, 7) is 2.68. The molecule has 0 aliphatic carbocycles. The number of hydrogen-bond acceptors (Lipinski definition) is 4. The fourth-order valence-electron chi connectivity index (χ4n) is 2.03. The number of benzene rings is 1. The van der Waals surface area contributed by atoms with Gasteiger partial charge >= 0.3 is 0 Å². The molecule has 0 radical (unpaired) electrons. The molecule has 0 amide bonds. The Morgan fingerprint density at radius 1 is 1.47 bits per heavy atom. The average molecular weight is 275 g/mol. The van der Waals surface area contributed by atoms with Gasteiger partial charge in [-0.15, -0.1) is 0 Å². The van der Waals surface area contributed by atoms with Crippen LogP contribution in [0.1, 0.15) is 6.92 Å². The van der Waals surface area contributed by atoms with Gasteiger partial charge in [0.15, 0.2) is 0 Å². The topological polar surface area (TPSA) is 62.4 Å². The molecule has 0 spiro atoms. The van der Waals surface area contributed by atoms with Crippen molar-refractivity contribution in [2.75, 3.05) is 18.5 Å². The molecule has 0 saturated carbocycles. The highest BCUT2D eigenvalue weighted by Crippen LogP contribution is 2.27. The third kappa shape index (κ3) is 2.93. The molecule has 0 bridgehead atoms. The number of fused-ring (bicyclic) bond motifs is 1. The predicted molar refractivity (Wildman–Crippen MR) is 82.6 cm³/mol. The van der Waals surface area contributed by atoms with Crippen LogP contribution in [0.5, 0.6) is 5.75 Å². The second kappa shape index (κ2) is 5.40. The van der Waals surface area contributed by atoms with E-state index in [1.165, 1.54) is 0 Å². The van der Waals surface area contributed by atoms with Crippen molar-refractivity contribution in [3.63, 3.8) is 0 Å². The van der Waals surface area contributed by atoms with Crippen LogP contribution in [-0.2, 0) is 0 Å². The van der Waals surface area contributed by atoms with Crippen molar-refractivity contribution in [1.29, 1.82) is 0 Å². The zero-order valence-corrected chi connectivity index (χ0v) is 11.8. The maximum atomic E-state index is 9.62. The van der Waals surface area contributed by atoms with Crippen molar-refractivity contribution >= 4 is 33.8 Å². The van der Waals surface area contributed by atoms with Crippen LogP contribution in [0.4, 0.5) is 5.82 Å². The summed E-state index contributed by atoms with van der Waals surface area (Å²) < 4.78 is 0. The van der Waals surface area contributed by atoms with Crippen LogP contribution < -0.4 is 10.6 Å². The van der Waals surface area contributed by atoms with Crippen LogP contribution in [0.15, 0.2) is 30.5 Å². The van der Waals surface area contributed by atoms with E-state index in [4.69, 9.17) is 18.0 Å². The minimum absolute atomic E-state index is 0.106. The number of phenolic OH excluding ortho intramolecular Hbond substituents is 1. The standard InChI is InChI=1S/C14H17N3OS/c1-9(13(15)19)8-17(2)14-12-7-11(18)4-3-10(12)5-6-16-14/h3-7,9,18H,8H2,1-2H3,(H2,15,19). The van der Waals surface area contributed by atoms with E-state index in [9.17, 15) is 5.11 Å². The molecular formula is C14H17N3OS. The Hall–Kier alpha value is -1.88. The molecule has 1 aromatic carbocycles. The van der Waals surface area contributed by atoms with E-state index < -0.39 is 0 Å². The molecule has 0 saturated heterocycles. The Balaban J connectivity index is 2.38. The summed E-state index contributed by atoms with van der Waals surface area (Å²) in [7, 11) is 1.95. The summed E-state index contributed by atoms with van der Waals surface area (Å²) in [5, 5.41) is 11.6. The zero-order chi connectivity index (χ0) is 14.0. The van der Waals surface area contributed by atoms with Crippen molar-refractivity contribution in [1.82, 2.24) is 4.98 Å². The number of thiocarbonyl (C=S) groups is 1. The summed E-state index contributed by atoms with van der Waals surface area (Å²) >= 11 is 4.99. The highest BCUT2D eigenvalue weighted by Gasteiger charge is 2.13. The van der Waals surface area contributed by atoms with Crippen molar-refractivity contribution in [3.8, 4) is 5.75 Å². The lowest BCUT2D eigenvalue weighted by Crippen LogP contribution is -2.31. The Morgan fingerprint density at radius 2 is 2.21 bits per heavy atom. The number of nitrogens with two attached hydrogens (primary N) is 1. The Morgan fingerprint density at radius 3 is 2.89 bits per heavy atom. The number of nitrogens with zero attached hydrogens (tertiary/aromatic N) is 2. The average Bonchev–Trinajstić information content (AvgIpc) is 2.37. The summed E-state index contributed by atoms with van der Waals surface area (Å²) in [6.07, 6.45) is 1.76. The second-order valence-corrected chi connectivity index (χ2v) is 5.20. The van der Waals surface area contributed by atoms with Gasteiger partial charge in [-0.3, -0.25) is 0 Å². The molecule has 1 heterocycles. The highest BCUT2D eigenvalue weighted by molar-refractivity contribution is 7.80. The molecule has 0 fully saturated rings. The number of anilines is 1. The lowest BCUT2D eigenvalue weighted by Gasteiger charge is -2.23. The van der Waals surface area contributed by atoms with Gasteiger partial charge in [0.1, 0.15) is 11.6 Å². The van der Waals surface area contributed by atoms with Crippen LogP contribution in [0.3, 0.4) is 0 Å². The molecule has 0 aliphatic rings. The van der Waals surface area contributed by atoms with Gasteiger partial charge in [0.2, 0.25) is 0 Å². The molecule has 0 aliphatic heterocycles. The largest absolute Gasteiger partial charge is 0.508 e. The van der Waals surface area contributed by atoms with Crippen molar-refractivity contribution in [2.24, 2.45) is 11.7 Å². The molecule has 2 aromatic rings. The van der Waals surface area contributed by atoms with Crippen LogP contribution in [0.25, 0.3) is 10.8 Å². The van der Waals surface area contributed by atoms with Gasteiger partial charge in [-0.05, 0) is 23.6 Å². The molecule has 1 atom stereocenters. The maximum absolute atomic E-state index is 9.62.